The van der Waals surface area contributed by atoms with Crippen LogP contribution in [0.2, 0.25) is 0 Å². The predicted octanol–water partition coefficient (Wildman–Crippen LogP) is 1.64. The first-order valence-electron chi connectivity index (χ1n) is 3.81. The Labute approximate surface area is 82.4 Å². The first-order chi connectivity index (χ1) is 6.20. The molecule has 0 rings (SSSR count). The number of carbonyl (C=O) groups excluding carboxylic acids is 1. The number of hydrogen-bond acceptors (Lipinski definition) is 4. The molecule has 74 valence electrons. The summed E-state index contributed by atoms with van der Waals surface area (Å²) in [5, 5.41) is 5.91. The Hall–Kier alpha value is -0.970. The van der Waals surface area contributed by atoms with Crippen molar-refractivity contribution in [3.05, 3.63) is 12.7 Å². The van der Waals surface area contributed by atoms with Crippen molar-refractivity contribution in [3.63, 3.8) is 0 Å². The van der Waals surface area contributed by atoms with E-state index in [1.165, 1.54) is 7.05 Å². The quantitative estimate of drug-likeness (QED) is 0.242. The molecule has 0 unspecified atom stereocenters. The number of carbonyl (C=O) groups is 1. The van der Waals surface area contributed by atoms with Crippen LogP contribution >= 0.6 is 11.8 Å². The van der Waals surface area contributed by atoms with Crippen molar-refractivity contribution >= 4 is 23.6 Å². The van der Waals surface area contributed by atoms with Crippen LogP contribution in [0.1, 0.15) is 6.92 Å². The van der Waals surface area contributed by atoms with E-state index in [9.17, 15) is 4.79 Å². The van der Waals surface area contributed by atoms with E-state index in [2.05, 4.69) is 21.9 Å². The molecule has 0 atom stereocenters. The summed E-state index contributed by atoms with van der Waals surface area (Å²) in [6.45, 7) is 5.39. The van der Waals surface area contributed by atoms with Gasteiger partial charge in [-0.2, -0.15) is 11.8 Å². The third-order valence-electron chi connectivity index (χ3n) is 1.04. The lowest BCUT2D eigenvalue weighted by Crippen LogP contribution is -2.17. The molecule has 1 N–H and O–H groups in total. The molecule has 0 heterocycles. The minimum atomic E-state index is -0.548. The lowest BCUT2D eigenvalue weighted by Gasteiger charge is -1.98. The number of hydrogen-bond donors (Lipinski definition) is 1. The molecule has 0 bridgehead atoms. The third-order valence-corrected chi connectivity index (χ3v) is 2.13. The smallest absolute Gasteiger partial charge is 0.323 e. The van der Waals surface area contributed by atoms with Crippen LogP contribution in [-0.4, -0.2) is 30.4 Å². The molecule has 0 fully saturated rings. The normalized spacial score (nSPS) is 10.8. The van der Waals surface area contributed by atoms with E-state index in [0.29, 0.717) is 0 Å². The van der Waals surface area contributed by atoms with Crippen LogP contribution in [0.5, 0.6) is 0 Å². The molecule has 0 aromatic heterocycles. The highest BCUT2D eigenvalue weighted by molar-refractivity contribution is 8.00. The van der Waals surface area contributed by atoms with Gasteiger partial charge in [-0.15, -0.1) is 6.58 Å². The van der Waals surface area contributed by atoms with Crippen molar-refractivity contribution in [3.8, 4) is 0 Å². The summed E-state index contributed by atoms with van der Waals surface area (Å²) in [4.78, 5) is 15.1. The standard InChI is InChI=1S/C8H14N2O2S/c1-4-5-13-6-7(2)10-12-8(11)9-3/h4H,1,5-6H2,2-3H3,(H,9,11). The molecular formula is C8H14N2O2S. The Kier molecular flexibility index (Phi) is 7.10. The topological polar surface area (TPSA) is 50.7 Å². The average molecular weight is 202 g/mol. The first kappa shape index (κ1) is 12.0. The van der Waals surface area contributed by atoms with E-state index >= 15 is 0 Å². The van der Waals surface area contributed by atoms with Crippen LogP contribution < -0.4 is 5.32 Å². The van der Waals surface area contributed by atoms with Gasteiger partial charge < -0.3 is 5.32 Å². The molecule has 0 aromatic rings. The van der Waals surface area contributed by atoms with Crippen molar-refractivity contribution in [2.75, 3.05) is 18.6 Å². The lowest BCUT2D eigenvalue weighted by atomic mass is 10.5. The number of nitrogens with zero attached hydrogens (tertiary/aromatic N) is 1. The molecule has 0 aliphatic rings. The Morgan fingerprint density at radius 2 is 2.46 bits per heavy atom. The molecule has 1 amide bonds. The summed E-state index contributed by atoms with van der Waals surface area (Å²) in [6.07, 6.45) is 1.27. The van der Waals surface area contributed by atoms with E-state index in [4.69, 9.17) is 0 Å². The summed E-state index contributed by atoms with van der Waals surface area (Å²) >= 11 is 1.66. The van der Waals surface area contributed by atoms with E-state index < -0.39 is 6.09 Å². The van der Waals surface area contributed by atoms with Crippen molar-refractivity contribution in [2.24, 2.45) is 5.16 Å². The van der Waals surface area contributed by atoms with Crippen molar-refractivity contribution < 1.29 is 9.63 Å². The van der Waals surface area contributed by atoms with Crippen LogP contribution in [0.3, 0.4) is 0 Å². The fraction of sp³-hybridized carbons (Fsp3) is 0.500. The highest BCUT2D eigenvalue weighted by atomic mass is 32.2. The second-order valence-electron chi connectivity index (χ2n) is 2.26. The van der Waals surface area contributed by atoms with Gasteiger partial charge in [-0.05, 0) is 6.92 Å². The summed E-state index contributed by atoms with van der Waals surface area (Å²) in [5.74, 6) is 1.61. The monoisotopic (exact) mass is 202 g/mol. The number of rotatable bonds is 5. The van der Waals surface area contributed by atoms with Gasteiger partial charge in [0.1, 0.15) is 0 Å². The van der Waals surface area contributed by atoms with Gasteiger partial charge in [-0.3, -0.25) is 4.84 Å². The van der Waals surface area contributed by atoms with Gasteiger partial charge in [0.05, 0.1) is 5.71 Å². The molecular weight excluding hydrogens is 188 g/mol. The average Bonchev–Trinajstić information content (AvgIpc) is 2.14. The zero-order valence-electron chi connectivity index (χ0n) is 7.87. The number of oxime groups is 1. The van der Waals surface area contributed by atoms with Gasteiger partial charge >= 0.3 is 6.09 Å². The molecule has 4 nitrogen and oxygen atoms in total. The molecule has 0 saturated heterocycles. The van der Waals surface area contributed by atoms with Crippen LogP contribution in [0, 0.1) is 0 Å². The van der Waals surface area contributed by atoms with Crippen molar-refractivity contribution in [1.29, 1.82) is 0 Å². The van der Waals surface area contributed by atoms with Crippen LogP contribution in [0.4, 0.5) is 4.79 Å². The number of nitrogens with one attached hydrogen (secondary N) is 1. The second kappa shape index (κ2) is 7.67. The summed E-state index contributed by atoms with van der Waals surface area (Å²) < 4.78 is 0. The molecule has 0 aliphatic heterocycles. The van der Waals surface area contributed by atoms with Gasteiger partial charge in [-0.25, -0.2) is 4.79 Å². The Balaban J connectivity index is 3.62. The SMILES string of the molecule is C=CCSCC(C)=NOC(=O)NC. The maximum atomic E-state index is 10.6. The van der Waals surface area contributed by atoms with Gasteiger partial charge in [-0.1, -0.05) is 11.2 Å². The summed E-state index contributed by atoms with van der Waals surface area (Å²) in [7, 11) is 1.49. The van der Waals surface area contributed by atoms with Gasteiger partial charge in [0, 0.05) is 18.6 Å². The molecule has 0 saturated carbocycles. The zero-order valence-corrected chi connectivity index (χ0v) is 8.69. The largest absolute Gasteiger partial charge is 0.433 e. The fourth-order valence-corrected chi connectivity index (χ4v) is 1.11. The molecule has 0 aliphatic carbocycles. The van der Waals surface area contributed by atoms with Crippen molar-refractivity contribution in [2.45, 2.75) is 6.92 Å². The summed E-state index contributed by atoms with van der Waals surface area (Å²) in [5.41, 5.74) is 0.774. The van der Waals surface area contributed by atoms with Gasteiger partial charge in [0.25, 0.3) is 0 Å². The third kappa shape index (κ3) is 7.39. The Morgan fingerprint density at radius 3 is 3.00 bits per heavy atom. The van der Waals surface area contributed by atoms with Crippen LogP contribution in [0.25, 0.3) is 0 Å². The minimum Gasteiger partial charge on any atom is -0.323 e. The maximum Gasteiger partial charge on any atom is 0.433 e. The number of amides is 1. The fourth-order valence-electron chi connectivity index (χ4n) is 0.481. The van der Waals surface area contributed by atoms with E-state index in [1.54, 1.807) is 18.7 Å². The lowest BCUT2D eigenvalue weighted by molar-refractivity contribution is 0.153. The van der Waals surface area contributed by atoms with Crippen LogP contribution in [0.15, 0.2) is 17.8 Å². The predicted molar refractivity (Wildman–Crippen MR) is 56.2 cm³/mol. The molecule has 0 aromatic carbocycles. The minimum absolute atomic E-state index is 0.548. The van der Waals surface area contributed by atoms with Crippen molar-refractivity contribution in [1.82, 2.24) is 5.32 Å². The zero-order chi connectivity index (χ0) is 10.1. The maximum absolute atomic E-state index is 10.6. The van der Waals surface area contributed by atoms with Crippen LogP contribution in [-0.2, 0) is 4.84 Å². The van der Waals surface area contributed by atoms with Gasteiger partial charge in [0.15, 0.2) is 0 Å². The first-order valence-corrected chi connectivity index (χ1v) is 4.97. The van der Waals surface area contributed by atoms with E-state index in [0.717, 1.165) is 17.2 Å². The second-order valence-corrected chi connectivity index (χ2v) is 3.29. The number of thioether (sulfide) groups is 1. The summed E-state index contributed by atoms with van der Waals surface area (Å²) in [6, 6.07) is 0. The molecule has 0 radical (unpaired) electrons. The Bertz CT molecular complexity index is 204. The molecule has 5 heteroatoms. The molecule has 0 spiro atoms. The van der Waals surface area contributed by atoms with Gasteiger partial charge in [0.2, 0.25) is 0 Å². The Morgan fingerprint density at radius 1 is 1.77 bits per heavy atom. The van der Waals surface area contributed by atoms with E-state index in [1.807, 2.05) is 6.08 Å². The highest BCUT2D eigenvalue weighted by Gasteiger charge is 1.96. The highest BCUT2D eigenvalue weighted by Crippen LogP contribution is 2.00. The molecule has 13 heavy (non-hydrogen) atoms. The van der Waals surface area contributed by atoms with E-state index in [-0.39, 0.29) is 0 Å².